The van der Waals surface area contributed by atoms with Crippen molar-refractivity contribution in [2.24, 2.45) is 5.73 Å². The van der Waals surface area contributed by atoms with Crippen molar-refractivity contribution in [2.45, 2.75) is 42.7 Å². The Bertz CT molecular complexity index is 549. The first-order valence-electron chi connectivity index (χ1n) is 6.80. The monoisotopic (exact) mass is 296 g/mol. The Hall–Kier alpha value is -1.40. The number of amides is 1. The molecule has 0 saturated heterocycles. The third kappa shape index (κ3) is 4.05. The number of nitrogens with two attached hydrogens (primary N) is 1. The summed E-state index contributed by atoms with van der Waals surface area (Å²) in [5.74, 6) is -0.936. The maximum absolute atomic E-state index is 12.1. The van der Waals surface area contributed by atoms with E-state index >= 15 is 0 Å². The van der Waals surface area contributed by atoms with Crippen LogP contribution in [-0.2, 0) is 14.6 Å². The summed E-state index contributed by atoms with van der Waals surface area (Å²) in [6.45, 7) is 0. The van der Waals surface area contributed by atoms with Crippen LogP contribution in [0, 0.1) is 0 Å². The second kappa shape index (κ2) is 6.37. The average Bonchev–Trinajstić information content (AvgIpc) is 2.42. The molecule has 1 aliphatic carbocycles. The smallest absolute Gasteiger partial charge is 0.235 e. The van der Waals surface area contributed by atoms with Crippen molar-refractivity contribution in [3.63, 3.8) is 0 Å². The highest BCUT2D eigenvalue weighted by molar-refractivity contribution is 7.92. The predicted molar refractivity (Wildman–Crippen MR) is 76.9 cm³/mol. The van der Waals surface area contributed by atoms with Crippen LogP contribution in [0.25, 0.3) is 0 Å². The molecule has 1 fully saturated rings. The van der Waals surface area contributed by atoms with E-state index in [0.717, 1.165) is 25.7 Å². The summed E-state index contributed by atoms with van der Waals surface area (Å²) in [4.78, 5) is 12.0. The zero-order chi connectivity index (χ0) is 14.6. The first kappa shape index (κ1) is 15.0. The van der Waals surface area contributed by atoms with Gasteiger partial charge in [0.15, 0.2) is 9.84 Å². The minimum Gasteiger partial charge on any atom is -0.352 e. The standard InChI is InChI=1S/C14H20N2O3S/c15-11-6-8-12(9-7-11)16-14(17)10-20(18,19)13-4-2-1-3-5-13/h1-5,11-12H,6-10,15H2,(H,16,17). The maximum atomic E-state index is 12.1. The minimum atomic E-state index is -3.56. The summed E-state index contributed by atoms with van der Waals surface area (Å²) in [6, 6.07) is 8.29. The molecule has 110 valence electrons. The van der Waals surface area contributed by atoms with Gasteiger partial charge in [-0.2, -0.15) is 0 Å². The van der Waals surface area contributed by atoms with Gasteiger partial charge in [0.1, 0.15) is 5.75 Å². The van der Waals surface area contributed by atoms with Gasteiger partial charge in [0, 0.05) is 12.1 Å². The van der Waals surface area contributed by atoms with E-state index < -0.39 is 21.5 Å². The maximum Gasteiger partial charge on any atom is 0.235 e. The van der Waals surface area contributed by atoms with Gasteiger partial charge in [-0.15, -0.1) is 0 Å². The molecule has 0 aliphatic heterocycles. The normalized spacial score (nSPS) is 23.2. The molecule has 2 rings (SSSR count). The number of carbonyl (C=O) groups is 1. The van der Waals surface area contributed by atoms with Gasteiger partial charge in [-0.1, -0.05) is 18.2 Å². The summed E-state index contributed by atoms with van der Waals surface area (Å²) in [5, 5.41) is 2.79. The lowest BCUT2D eigenvalue weighted by Crippen LogP contribution is -2.42. The van der Waals surface area contributed by atoms with Crippen molar-refractivity contribution in [3.8, 4) is 0 Å². The largest absolute Gasteiger partial charge is 0.352 e. The van der Waals surface area contributed by atoms with Crippen LogP contribution < -0.4 is 11.1 Å². The third-order valence-electron chi connectivity index (χ3n) is 3.56. The Balaban J connectivity index is 1.91. The molecule has 0 heterocycles. The molecule has 20 heavy (non-hydrogen) atoms. The highest BCUT2D eigenvalue weighted by Gasteiger charge is 2.23. The molecule has 6 heteroatoms. The summed E-state index contributed by atoms with van der Waals surface area (Å²) in [5.41, 5.74) is 5.80. The van der Waals surface area contributed by atoms with Crippen LogP contribution in [-0.4, -0.2) is 32.2 Å². The Kier molecular flexibility index (Phi) is 4.77. The molecule has 1 aromatic carbocycles. The molecule has 1 aromatic rings. The van der Waals surface area contributed by atoms with Crippen LogP contribution >= 0.6 is 0 Å². The van der Waals surface area contributed by atoms with Crippen LogP contribution in [0.5, 0.6) is 0 Å². The van der Waals surface area contributed by atoms with Crippen molar-refractivity contribution in [1.82, 2.24) is 5.32 Å². The van der Waals surface area contributed by atoms with Crippen LogP contribution in [0.2, 0.25) is 0 Å². The van der Waals surface area contributed by atoms with Gasteiger partial charge in [-0.05, 0) is 37.8 Å². The lowest BCUT2D eigenvalue weighted by molar-refractivity contribution is -0.119. The highest BCUT2D eigenvalue weighted by Crippen LogP contribution is 2.17. The summed E-state index contributed by atoms with van der Waals surface area (Å²) >= 11 is 0. The number of sulfone groups is 1. The fourth-order valence-corrected chi connectivity index (χ4v) is 3.58. The number of hydrogen-bond donors (Lipinski definition) is 2. The van der Waals surface area contributed by atoms with E-state index in [1.807, 2.05) is 0 Å². The molecular weight excluding hydrogens is 276 g/mol. The molecular formula is C14H20N2O3S. The molecule has 1 aliphatic rings. The van der Waals surface area contributed by atoms with Crippen LogP contribution in [0.1, 0.15) is 25.7 Å². The van der Waals surface area contributed by atoms with Crippen LogP contribution in [0.3, 0.4) is 0 Å². The van der Waals surface area contributed by atoms with Gasteiger partial charge in [0.2, 0.25) is 5.91 Å². The van der Waals surface area contributed by atoms with E-state index in [-0.39, 0.29) is 17.0 Å². The first-order valence-corrected chi connectivity index (χ1v) is 8.45. The minimum absolute atomic E-state index is 0.0493. The first-order chi connectivity index (χ1) is 9.47. The Labute approximate surface area is 119 Å². The zero-order valence-corrected chi connectivity index (χ0v) is 12.1. The van der Waals surface area contributed by atoms with Crippen molar-refractivity contribution < 1.29 is 13.2 Å². The van der Waals surface area contributed by atoms with Gasteiger partial charge < -0.3 is 11.1 Å². The molecule has 5 nitrogen and oxygen atoms in total. The fourth-order valence-electron chi connectivity index (χ4n) is 2.42. The molecule has 1 amide bonds. The zero-order valence-electron chi connectivity index (χ0n) is 11.3. The average molecular weight is 296 g/mol. The number of nitrogens with one attached hydrogen (secondary N) is 1. The van der Waals surface area contributed by atoms with Crippen molar-refractivity contribution >= 4 is 15.7 Å². The van der Waals surface area contributed by atoms with Gasteiger partial charge in [0.05, 0.1) is 4.90 Å². The van der Waals surface area contributed by atoms with Gasteiger partial charge in [-0.25, -0.2) is 8.42 Å². The molecule has 0 spiro atoms. The third-order valence-corrected chi connectivity index (χ3v) is 5.19. The highest BCUT2D eigenvalue weighted by atomic mass is 32.2. The Morgan fingerprint density at radius 1 is 1.15 bits per heavy atom. The molecule has 0 aromatic heterocycles. The van der Waals surface area contributed by atoms with E-state index in [1.54, 1.807) is 18.2 Å². The van der Waals surface area contributed by atoms with Gasteiger partial charge >= 0.3 is 0 Å². The summed E-state index contributed by atoms with van der Waals surface area (Å²) in [7, 11) is -3.56. The van der Waals surface area contributed by atoms with Crippen LogP contribution in [0.15, 0.2) is 35.2 Å². The van der Waals surface area contributed by atoms with Crippen LogP contribution in [0.4, 0.5) is 0 Å². The number of carbonyl (C=O) groups excluding carboxylic acids is 1. The Morgan fingerprint density at radius 3 is 2.35 bits per heavy atom. The second-order valence-corrected chi connectivity index (χ2v) is 7.24. The predicted octanol–water partition coefficient (Wildman–Crippen LogP) is 0.846. The lowest BCUT2D eigenvalue weighted by Gasteiger charge is -2.26. The number of hydrogen-bond acceptors (Lipinski definition) is 4. The molecule has 0 atom stereocenters. The summed E-state index contributed by atoms with van der Waals surface area (Å²) in [6.07, 6.45) is 3.38. The SMILES string of the molecule is NC1CCC(NC(=O)CS(=O)(=O)c2ccccc2)CC1. The van der Waals surface area contributed by atoms with Crippen molar-refractivity contribution in [3.05, 3.63) is 30.3 Å². The lowest BCUT2D eigenvalue weighted by atomic mass is 9.92. The molecule has 0 unspecified atom stereocenters. The van der Waals surface area contributed by atoms with E-state index in [4.69, 9.17) is 5.73 Å². The van der Waals surface area contributed by atoms with Gasteiger partial charge in [-0.3, -0.25) is 4.79 Å². The van der Waals surface area contributed by atoms with Gasteiger partial charge in [0.25, 0.3) is 0 Å². The van der Waals surface area contributed by atoms with E-state index in [1.165, 1.54) is 12.1 Å². The van der Waals surface area contributed by atoms with E-state index in [2.05, 4.69) is 5.32 Å². The number of benzene rings is 1. The van der Waals surface area contributed by atoms with E-state index in [0.29, 0.717) is 0 Å². The summed E-state index contributed by atoms with van der Waals surface area (Å²) < 4.78 is 24.1. The second-order valence-electron chi connectivity index (χ2n) is 5.25. The number of rotatable bonds is 4. The molecule has 3 N–H and O–H groups in total. The van der Waals surface area contributed by atoms with E-state index in [9.17, 15) is 13.2 Å². The Morgan fingerprint density at radius 2 is 1.75 bits per heavy atom. The molecule has 1 saturated carbocycles. The quantitative estimate of drug-likeness (QED) is 0.862. The van der Waals surface area contributed by atoms with Crippen molar-refractivity contribution in [1.29, 1.82) is 0 Å². The van der Waals surface area contributed by atoms with Crippen molar-refractivity contribution in [2.75, 3.05) is 5.75 Å². The molecule has 0 bridgehead atoms. The topological polar surface area (TPSA) is 89.3 Å². The molecule has 0 radical (unpaired) electrons. The fraction of sp³-hybridized carbons (Fsp3) is 0.500.